The van der Waals surface area contributed by atoms with Crippen LogP contribution in [-0.2, 0) is 0 Å². The normalized spacial score (nSPS) is 11.0. The third-order valence-corrected chi connectivity index (χ3v) is 5.72. The molecule has 0 saturated carbocycles. The predicted molar refractivity (Wildman–Crippen MR) is 134 cm³/mol. The zero-order valence-corrected chi connectivity index (χ0v) is 19.7. The summed E-state index contributed by atoms with van der Waals surface area (Å²) in [6, 6.07) is 18.8. The van der Waals surface area contributed by atoms with Gasteiger partial charge in [-0.3, -0.25) is 14.9 Å². The Morgan fingerprint density at radius 2 is 1.72 bits per heavy atom. The van der Waals surface area contributed by atoms with Crippen molar-refractivity contribution >= 4 is 28.3 Å². The first-order valence-electron chi connectivity index (χ1n) is 11.0. The molecule has 0 radical (unpaired) electrons. The first-order chi connectivity index (χ1) is 17.3. The Balaban J connectivity index is 1.40. The van der Waals surface area contributed by atoms with Crippen LogP contribution in [-0.4, -0.2) is 32.9 Å². The van der Waals surface area contributed by atoms with Gasteiger partial charge in [0.05, 0.1) is 23.3 Å². The van der Waals surface area contributed by atoms with Crippen molar-refractivity contribution < 1.29 is 18.9 Å². The van der Waals surface area contributed by atoms with Crippen molar-refractivity contribution in [1.29, 1.82) is 0 Å². The van der Waals surface area contributed by atoms with Crippen molar-refractivity contribution in [2.75, 3.05) is 12.4 Å². The highest BCUT2D eigenvalue weighted by atomic mass is 16.6. The third-order valence-electron chi connectivity index (χ3n) is 5.72. The number of nitrogens with zero attached hydrogens (tertiary/aromatic N) is 4. The maximum Gasteiger partial charge on any atom is 0.291 e. The van der Waals surface area contributed by atoms with E-state index in [9.17, 15) is 14.9 Å². The maximum atomic E-state index is 12.9. The number of fused-ring (bicyclic) bond motifs is 1. The molecule has 36 heavy (non-hydrogen) atoms. The molecule has 0 aliphatic heterocycles. The lowest BCUT2D eigenvalue weighted by Gasteiger charge is -2.06. The number of nitro benzene ring substituents is 1. The molecule has 0 bridgehead atoms. The molecule has 0 unspecified atom stereocenters. The predicted octanol–water partition coefficient (Wildman–Crippen LogP) is 5.47. The third kappa shape index (κ3) is 4.27. The van der Waals surface area contributed by atoms with E-state index in [2.05, 4.69) is 15.5 Å². The Kier molecular flexibility index (Phi) is 5.69. The number of nitrogens with one attached hydrogen (secondary N) is 1. The molecule has 2 heterocycles. The number of aryl methyl sites for hydroxylation is 2. The van der Waals surface area contributed by atoms with Crippen molar-refractivity contribution in [1.82, 2.24) is 15.0 Å². The highest BCUT2D eigenvalue weighted by Crippen LogP contribution is 2.32. The number of ether oxygens (including phenoxy) is 1. The van der Waals surface area contributed by atoms with Crippen LogP contribution in [0, 0.1) is 24.0 Å². The van der Waals surface area contributed by atoms with E-state index in [-0.39, 0.29) is 17.2 Å². The average molecular weight is 483 g/mol. The smallest absolute Gasteiger partial charge is 0.291 e. The van der Waals surface area contributed by atoms with Crippen LogP contribution in [0.1, 0.15) is 21.7 Å². The number of nitro groups is 1. The van der Waals surface area contributed by atoms with Gasteiger partial charge in [0, 0.05) is 11.8 Å². The van der Waals surface area contributed by atoms with Crippen LogP contribution in [0.15, 0.2) is 71.1 Å². The van der Waals surface area contributed by atoms with E-state index >= 15 is 0 Å². The molecule has 0 spiro atoms. The number of rotatable bonds is 6. The van der Waals surface area contributed by atoms with Crippen molar-refractivity contribution in [2.24, 2.45) is 0 Å². The molecule has 5 rings (SSSR count). The van der Waals surface area contributed by atoms with Crippen LogP contribution in [0.25, 0.3) is 28.0 Å². The lowest BCUT2D eigenvalue weighted by atomic mass is 10.1. The highest BCUT2D eigenvalue weighted by molar-refractivity contribution is 6.04. The van der Waals surface area contributed by atoms with Gasteiger partial charge in [-0.2, -0.15) is 4.80 Å². The van der Waals surface area contributed by atoms with Crippen LogP contribution >= 0.6 is 0 Å². The molecule has 3 aromatic carbocycles. The molecule has 10 heteroatoms. The SMILES string of the molecule is COc1ccc(-n2nc3cc(C)c(NC(=O)c4ccc(-c5ccc(C)cc5[N+](=O)[O-])o4)cc3n2)cc1. The number of anilines is 1. The maximum absolute atomic E-state index is 12.9. The molecule has 10 nitrogen and oxygen atoms in total. The average Bonchev–Trinajstić information content (AvgIpc) is 3.52. The molecule has 5 aromatic rings. The Bertz CT molecular complexity index is 1620. The quantitative estimate of drug-likeness (QED) is 0.251. The molecule has 0 saturated heterocycles. The van der Waals surface area contributed by atoms with Crippen LogP contribution < -0.4 is 10.1 Å². The number of hydrogen-bond acceptors (Lipinski definition) is 7. The van der Waals surface area contributed by atoms with E-state index in [1.54, 1.807) is 38.3 Å². The van der Waals surface area contributed by atoms with Gasteiger partial charge in [0.25, 0.3) is 11.6 Å². The fourth-order valence-corrected chi connectivity index (χ4v) is 3.82. The van der Waals surface area contributed by atoms with E-state index in [1.165, 1.54) is 16.9 Å². The minimum absolute atomic E-state index is 0.0289. The summed E-state index contributed by atoms with van der Waals surface area (Å²) in [5.74, 6) is 0.512. The summed E-state index contributed by atoms with van der Waals surface area (Å²) in [5, 5.41) is 23.3. The molecule has 2 aromatic heterocycles. The van der Waals surface area contributed by atoms with Crippen LogP contribution in [0.5, 0.6) is 5.75 Å². The molecular weight excluding hydrogens is 462 g/mol. The first-order valence-corrected chi connectivity index (χ1v) is 11.0. The molecule has 0 aliphatic carbocycles. The van der Waals surface area contributed by atoms with Gasteiger partial charge in [-0.25, -0.2) is 0 Å². The van der Waals surface area contributed by atoms with E-state index in [0.717, 1.165) is 22.6 Å². The van der Waals surface area contributed by atoms with Gasteiger partial charge < -0.3 is 14.5 Å². The fourth-order valence-electron chi connectivity index (χ4n) is 3.82. The van der Waals surface area contributed by atoms with Crippen molar-refractivity contribution in [3.63, 3.8) is 0 Å². The fraction of sp³-hybridized carbons (Fsp3) is 0.115. The molecule has 1 N–H and O–H groups in total. The molecular formula is C26H21N5O5. The number of furan rings is 1. The number of benzene rings is 3. The summed E-state index contributed by atoms with van der Waals surface area (Å²) in [5.41, 5.74) is 4.35. The van der Waals surface area contributed by atoms with Gasteiger partial charge in [0.2, 0.25) is 0 Å². The second-order valence-electron chi connectivity index (χ2n) is 8.24. The minimum atomic E-state index is -0.485. The summed E-state index contributed by atoms with van der Waals surface area (Å²) in [6.07, 6.45) is 0. The zero-order valence-electron chi connectivity index (χ0n) is 19.7. The number of amides is 1. The molecule has 0 atom stereocenters. The first kappa shape index (κ1) is 22.8. The largest absolute Gasteiger partial charge is 0.497 e. The highest BCUT2D eigenvalue weighted by Gasteiger charge is 2.21. The number of carbonyl (C=O) groups is 1. The van der Waals surface area contributed by atoms with Crippen LogP contribution in [0.3, 0.4) is 0 Å². The number of aromatic nitrogens is 3. The van der Waals surface area contributed by atoms with E-state index < -0.39 is 10.8 Å². The summed E-state index contributed by atoms with van der Waals surface area (Å²) >= 11 is 0. The minimum Gasteiger partial charge on any atom is -0.497 e. The molecule has 1 amide bonds. The van der Waals surface area contributed by atoms with Crippen molar-refractivity contribution in [3.8, 4) is 22.8 Å². The van der Waals surface area contributed by atoms with Crippen LogP contribution in [0.2, 0.25) is 0 Å². The summed E-state index contributed by atoms with van der Waals surface area (Å²) in [6.45, 7) is 3.62. The number of carbonyl (C=O) groups excluding carboxylic acids is 1. The van der Waals surface area contributed by atoms with E-state index in [1.807, 2.05) is 37.3 Å². The lowest BCUT2D eigenvalue weighted by Crippen LogP contribution is -2.11. The summed E-state index contributed by atoms with van der Waals surface area (Å²) in [7, 11) is 1.60. The molecule has 0 fully saturated rings. The van der Waals surface area contributed by atoms with Gasteiger partial charge in [-0.05, 0) is 79.6 Å². The van der Waals surface area contributed by atoms with Crippen molar-refractivity contribution in [3.05, 3.63) is 93.7 Å². The monoisotopic (exact) mass is 483 g/mol. The molecule has 0 aliphatic rings. The second kappa shape index (κ2) is 8.99. The van der Waals surface area contributed by atoms with Gasteiger partial charge in [-0.15, -0.1) is 10.2 Å². The van der Waals surface area contributed by atoms with Crippen molar-refractivity contribution in [2.45, 2.75) is 13.8 Å². The second-order valence-corrected chi connectivity index (χ2v) is 8.24. The van der Waals surface area contributed by atoms with Gasteiger partial charge in [0.15, 0.2) is 5.76 Å². The van der Waals surface area contributed by atoms with Crippen LogP contribution in [0.4, 0.5) is 11.4 Å². The van der Waals surface area contributed by atoms with Gasteiger partial charge >= 0.3 is 0 Å². The van der Waals surface area contributed by atoms with E-state index in [0.29, 0.717) is 22.3 Å². The Hall–Kier alpha value is -4.99. The standard InChI is InChI=1S/C26H21N5O5/c1-15-4-9-19(23(12-15)31(33)34)24-10-11-25(36-24)26(32)27-20-14-22-21(13-16(20)2)28-30(29-22)17-5-7-18(35-3)8-6-17/h4-14H,1-3H3,(H,27,32). The lowest BCUT2D eigenvalue weighted by molar-refractivity contribution is -0.384. The number of hydrogen-bond donors (Lipinski definition) is 1. The molecule has 180 valence electrons. The van der Waals surface area contributed by atoms with Gasteiger partial charge in [-0.1, -0.05) is 6.07 Å². The van der Waals surface area contributed by atoms with E-state index in [4.69, 9.17) is 9.15 Å². The summed E-state index contributed by atoms with van der Waals surface area (Å²) in [4.78, 5) is 25.4. The Morgan fingerprint density at radius 1 is 1.00 bits per heavy atom. The number of methoxy groups -OCH3 is 1. The Morgan fingerprint density at radius 3 is 2.42 bits per heavy atom. The summed E-state index contributed by atoms with van der Waals surface area (Å²) < 4.78 is 10.9. The van der Waals surface area contributed by atoms with Gasteiger partial charge in [0.1, 0.15) is 22.5 Å². The topological polar surface area (TPSA) is 125 Å². The Labute approximate surface area is 205 Å². The zero-order chi connectivity index (χ0) is 25.4.